The van der Waals surface area contributed by atoms with E-state index in [4.69, 9.17) is 0 Å². The Bertz CT molecular complexity index is 1240. The minimum absolute atomic E-state index is 0.0727. The molecule has 37 heavy (non-hydrogen) atoms. The molecule has 7 heteroatoms. The fourth-order valence-corrected chi connectivity index (χ4v) is 8.50. The van der Waals surface area contributed by atoms with Gasteiger partial charge in [-0.2, -0.15) is 0 Å². The molecule has 7 rings (SSSR count). The Kier molecular flexibility index (Phi) is 4.74. The van der Waals surface area contributed by atoms with E-state index in [1.165, 1.54) is 9.80 Å². The third kappa shape index (κ3) is 2.88. The highest BCUT2D eigenvalue weighted by atomic mass is 16.2. The average Bonchev–Trinajstić information content (AvgIpc) is 3.67. The van der Waals surface area contributed by atoms with E-state index in [2.05, 4.69) is 56.9 Å². The van der Waals surface area contributed by atoms with Crippen molar-refractivity contribution in [2.45, 2.75) is 52.6 Å². The van der Waals surface area contributed by atoms with E-state index in [1.807, 2.05) is 6.07 Å². The van der Waals surface area contributed by atoms with E-state index in [-0.39, 0.29) is 83.1 Å². The smallest absolute Gasteiger partial charge is 0.238 e. The fourth-order valence-electron chi connectivity index (χ4n) is 8.50. The lowest BCUT2D eigenvalue weighted by molar-refractivity contribution is -0.124. The normalized spacial score (nSPS) is 36.8. The second-order valence-corrected chi connectivity index (χ2v) is 12.3. The summed E-state index contributed by atoms with van der Waals surface area (Å²) in [4.78, 5) is 59.3. The van der Waals surface area contributed by atoms with E-state index >= 15 is 0 Å². The SMILES string of the molecule is CC(C)N(c1cc(N2C(=O)C3C4C=CC(C4)C3C2=O)ccc1N1C(=O)C2C3C=CC(C3)C2C1=O)C(C)C. The summed E-state index contributed by atoms with van der Waals surface area (Å²) < 4.78 is 0. The van der Waals surface area contributed by atoms with Crippen molar-refractivity contribution in [3.05, 3.63) is 42.5 Å². The van der Waals surface area contributed by atoms with E-state index < -0.39 is 0 Å². The van der Waals surface area contributed by atoms with Crippen LogP contribution in [0.2, 0.25) is 0 Å². The average molecular weight is 500 g/mol. The molecule has 7 nitrogen and oxygen atoms in total. The van der Waals surface area contributed by atoms with Gasteiger partial charge in [0, 0.05) is 12.1 Å². The monoisotopic (exact) mass is 499 g/mol. The number of imide groups is 2. The third-order valence-corrected chi connectivity index (χ3v) is 9.79. The van der Waals surface area contributed by atoms with Crippen molar-refractivity contribution < 1.29 is 19.2 Å². The minimum atomic E-state index is -0.286. The predicted octanol–water partition coefficient (Wildman–Crippen LogP) is 3.93. The number of carbonyl (C=O) groups excluding carboxylic acids is 4. The van der Waals surface area contributed by atoms with Crippen molar-refractivity contribution in [2.24, 2.45) is 47.3 Å². The van der Waals surface area contributed by atoms with Crippen molar-refractivity contribution in [3.8, 4) is 0 Å². The standard InChI is InChI=1S/C30H33N3O4/c1-14(2)31(15(3)4)22-13-20(32-27(34)23-16-5-6-17(11-16)24(23)28(32)35)9-10-21(22)33-29(36)25-18-7-8-19(12-18)26(25)30(33)37/h5-10,13-19,23-26H,11-12H2,1-4H3. The Morgan fingerprint density at radius 2 is 1.05 bits per heavy atom. The van der Waals surface area contributed by atoms with Crippen LogP contribution in [0.5, 0.6) is 0 Å². The molecule has 0 N–H and O–H groups in total. The van der Waals surface area contributed by atoms with E-state index in [0.717, 1.165) is 12.8 Å². The summed E-state index contributed by atoms with van der Waals surface area (Å²) in [6, 6.07) is 5.51. The molecule has 2 saturated carbocycles. The predicted molar refractivity (Wildman–Crippen MR) is 140 cm³/mol. The van der Waals surface area contributed by atoms with Gasteiger partial charge < -0.3 is 4.90 Å². The van der Waals surface area contributed by atoms with Crippen LogP contribution in [0.25, 0.3) is 0 Å². The first kappa shape index (κ1) is 22.9. The first-order valence-electron chi connectivity index (χ1n) is 13.7. The van der Waals surface area contributed by atoms with Crippen molar-refractivity contribution in [1.29, 1.82) is 0 Å². The molecule has 192 valence electrons. The first-order valence-corrected chi connectivity index (χ1v) is 13.7. The lowest BCUT2D eigenvalue weighted by Gasteiger charge is -2.36. The molecule has 4 amide bonds. The molecule has 1 aromatic rings. The Balaban J connectivity index is 1.32. The highest BCUT2D eigenvalue weighted by Crippen LogP contribution is 2.56. The number of rotatable bonds is 5. The van der Waals surface area contributed by atoms with Gasteiger partial charge in [-0.25, -0.2) is 9.80 Å². The lowest BCUT2D eigenvalue weighted by Crippen LogP contribution is -2.40. The maximum Gasteiger partial charge on any atom is 0.238 e. The number of allylic oxidation sites excluding steroid dienone is 4. The van der Waals surface area contributed by atoms with Gasteiger partial charge in [-0.05, 0) is 82.4 Å². The Labute approximate surface area is 217 Å². The van der Waals surface area contributed by atoms with Crippen LogP contribution in [0.3, 0.4) is 0 Å². The summed E-state index contributed by atoms with van der Waals surface area (Å²) >= 11 is 0. The third-order valence-electron chi connectivity index (χ3n) is 9.79. The van der Waals surface area contributed by atoms with Crippen LogP contribution in [0.1, 0.15) is 40.5 Å². The molecule has 0 aromatic heterocycles. The number of carbonyl (C=O) groups is 4. The van der Waals surface area contributed by atoms with Crippen LogP contribution in [0, 0.1) is 47.3 Å². The quantitative estimate of drug-likeness (QED) is 0.453. The number of fused-ring (bicyclic) bond motifs is 10. The van der Waals surface area contributed by atoms with Gasteiger partial charge in [0.2, 0.25) is 23.6 Å². The molecule has 2 saturated heterocycles. The second-order valence-electron chi connectivity index (χ2n) is 12.3. The second kappa shape index (κ2) is 7.65. The summed E-state index contributed by atoms with van der Waals surface area (Å²) in [6.45, 7) is 8.29. The Hall–Kier alpha value is -3.22. The van der Waals surface area contributed by atoms with Crippen molar-refractivity contribution in [3.63, 3.8) is 0 Å². The number of hydrogen-bond donors (Lipinski definition) is 0. The lowest BCUT2D eigenvalue weighted by atomic mass is 9.85. The number of hydrogen-bond acceptors (Lipinski definition) is 5. The highest BCUT2D eigenvalue weighted by Gasteiger charge is 2.61. The maximum absolute atomic E-state index is 13.7. The Morgan fingerprint density at radius 1 is 0.649 bits per heavy atom. The van der Waals surface area contributed by atoms with Crippen molar-refractivity contribution in [2.75, 3.05) is 14.7 Å². The largest absolute Gasteiger partial charge is 0.365 e. The molecular weight excluding hydrogens is 466 g/mol. The van der Waals surface area contributed by atoms with Gasteiger partial charge in [0.1, 0.15) is 0 Å². The molecule has 6 aliphatic rings. The van der Waals surface area contributed by atoms with E-state index in [1.54, 1.807) is 12.1 Å². The van der Waals surface area contributed by atoms with Gasteiger partial charge in [0.15, 0.2) is 0 Å². The topological polar surface area (TPSA) is 78.0 Å². The summed E-state index contributed by atoms with van der Waals surface area (Å²) in [6.07, 6.45) is 10.2. The molecule has 4 bridgehead atoms. The fraction of sp³-hybridized carbons (Fsp3) is 0.533. The maximum atomic E-state index is 13.7. The van der Waals surface area contributed by atoms with Crippen LogP contribution in [-0.4, -0.2) is 35.7 Å². The van der Waals surface area contributed by atoms with Crippen LogP contribution in [0.4, 0.5) is 17.1 Å². The zero-order valence-corrected chi connectivity index (χ0v) is 21.7. The van der Waals surface area contributed by atoms with Crippen LogP contribution >= 0.6 is 0 Å². The van der Waals surface area contributed by atoms with Crippen molar-refractivity contribution in [1.82, 2.24) is 0 Å². The molecule has 2 aliphatic heterocycles. The van der Waals surface area contributed by atoms with Crippen LogP contribution in [0.15, 0.2) is 42.5 Å². The van der Waals surface area contributed by atoms with Gasteiger partial charge >= 0.3 is 0 Å². The molecule has 4 aliphatic carbocycles. The summed E-state index contributed by atoms with van der Waals surface area (Å²) in [5.41, 5.74) is 1.79. The molecule has 8 atom stereocenters. The number of anilines is 3. The highest BCUT2D eigenvalue weighted by molar-refractivity contribution is 6.25. The summed E-state index contributed by atoms with van der Waals surface area (Å²) in [5, 5.41) is 0. The van der Waals surface area contributed by atoms with Gasteiger partial charge in [-0.1, -0.05) is 24.3 Å². The van der Waals surface area contributed by atoms with Gasteiger partial charge in [0.25, 0.3) is 0 Å². The number of amides is 4. The zero-order valence-electron chi connectivity index (χ0n) is 21.7. The number of nitrogens with zero attached hydrogens (tertiary/aromatic N) is 3. The van der Waals surface area contributed by atoms with E-state index in [0.29, 0.717) is 17.1 Å². The minimum Gasteiger partial charge on any atom is -0.365 e. The summed E-state index contributed by atoms with van der Waals surface area (Å²) in [7, 11) is 0. The molecule has 4 fully saturated rings. The molecule has 2 heterocycles. The summed E-state index contributed by atoms with van der Waals surface area (Å²) in [5.74, 6) is -1.09. The number of benzene rings is 1. The molecular formula is C30H33N3O4. The first-order chi connectivity index (χ1) is 17.7. The molecule has 1 aromatic carbocycles. The Morgan fingerprint density at radius 3 is 1.46 bits per heavy atom. The molecule has 0 spiro atoms. The van der Waals surface area contributed by atoms with Crippen LogP contribution < -0.4 is 14.7 Å². The molecule has 8 unspecified atom stereocenters. The van der Waals surface area contributed by atoms with Crippen LogP contribution in [-0.2, 0) is 19.2 Å². The molecule has 0 radical (unpaired) electrons. The van der Waals surface area contributed by atoms with Gasteiger partial charge in [-0.15, -0.1) is 0 Å². The van der Waals surface area contributed by atoms with E-state index in [9.17, 15) is 19.2 Å². The van der Waals surface area contributed by atoms with Gasteiger partial charge in [-0.3, -0.25) is 19.2 Å². The zero-order chi connectivity index (χ0) is 25.9. The van der Waals surface area contributed by atoms with Crippen molar-refractivity contribution >= 4 is 40.7 Å². The van der Waals surface area contributed by atoms with Gasteiger partial charge in [0.05, 0.1) is 40.7 Å².